The van der Waals surface area contributed by atoms with Crippen LogP contribution in [0.1, 0.15) is 17.2 Å². The monoisotopic (exact) mass is 415 g/mol. The fourth-order valence-electron chi connectivity index (χ4n) is 2.17. The highest BCUT2D eigenvalue weighted by Gasteiger charge is 2.14. The highest BCUT2D eigenvalue weighted by Crippen LogP contribution is 2.28. The minimum atomic E-state index is -0.252. The van der Waals surface area contributed by atoms with Crippen molar-refractivity contribution in [1.29, 1.82) is 0 Å². The molecule has 0 saturated heterocycles. The van der Waals surface area contributed by atoms with Crippen molar-refractivity contribution in [2.75, 3.05) is 14.2 Å². The first-order valence-corrected chi connectivity index (χ1v) is 8.08. The average molecular weight is 417 g/mol. The summed E-state index contributed by atoms with van der Waals surface area (Å²) in [4.78, 5) is 0. The molecule has 0 aliphatic rings. The van der Waals surface area contributed by atoms with Gasteiger partial charge in [-0.1, -0.05) is 22.0 Å². The molecule has 0 bridgehead atoms. The van der Waals surface area contributed by atoms with Crippen LogP contribution in [0.2, 0.25) is 0 Å². The Morgan fingerprint density at radius 1 is 1.14 bits per heavy atom. The van der Waals surface area contributed by atoms with E-state index in [1.807, 2.05) is 31.3 Å². The Kier molecular flexibility index (Phi) is 5.79. The molecule has 0 aliphatic carbocycles. The molecule has 2 aromatic rings. The summed E-state index contributed by atoms with van der Waals surface area (Å²) in [6.07, 6.45) is 0.732. The van der Waals surface area contributed by atoms with E-state index >= 15 is 0 Å². The Balaban J connectivity index is 2.28. The number of halogens is 3. The molecule has 0 heterocycles. The van der Waals surface area contributed by atoms with Crippen molar-refractivity contribution in [3.63, 3.8) is 0 Å². The van der Waals surface area contributed by atoms with Gasteiger partial charge < -0.3 is 10.1 Å². The van der Waals surface area contributed by atoms with E-state index in [1.165, 1.54) is 0 Å². The van der Waals surface area contributed by atoms with Crippen LogP contribution in [-0.2, 0) is 6.42 Å². The molecule has 1 atom stereocenters. The molecule has 112 valence electrons. The molecule has 2 aromatic carbocycles. The quantitative estimate of drug-likeness (QED) is 0.751. The number of rotatable bonds is 5. The minimum absolute atomic E-state index is 0.0241. The number of methoxy groups -OCH3 is 1. The standard InChI is InChI=1S/C16H16Br2FNO/c1-20-16(10-3-5-14(18)15(19)8-10)9-11-7-12(21-2)4-6-13(11)17/h3-8,16,20H,9H2,1-2H3. The summed E-state index contributed by atoms with van der Waals surface area (Å²) < 4.78 is 20.5. The van der Waals surface area contributed by atoms with Gasteiger partial charge in [0.15, 0.2) is 0 Å². The van der Waals surface area contributed by atoms with E-state index in [0.29, 0.717) is 4.47 Å². The van der Waals surface area contributed by atoms with E-state index in [4.69, 9.17) is 4.74 Å². The smallest absolute Gasteiger partial charge is 0.137 e. The number of likely N-dealkylation sites (N-methyl/N-ethyl adjacent to an activating group) is 1. The SMILES string of the molecule is CNC(Cc1cc(OC)ccc1Br)c1ccc(Br)c(F)c1. The number of ether oxygens (including phenoxy) is 1. The summed E-state index contributed by atoms with van der Waals surface area (Å²) in [5, 5.41) is 3.23. The molecule has 0 saturated carbocycles. The van der Waals surface area contributed by atoms with Crippen LogP contribution in [0.5, 0.6) is 5.75 Å². The van der Waals surface area contributed by atoms with Crippen molar-refractivity contribution in [1.82, 2.24) is 5.32 Å². The van der Waals surface area contributed by atoms with Gasteiger partial charge in [0.25, 0.3) is 0 Å². The van der Waals surface area contributed by atoms with Crippen molar-refractivity contribution in [2.24, 2.45) is 0 Å². The molecule has 0 radical (unpaired) electrons. The predicted molar refractivity (Wildman–Crippen MR) is 90.3 cm³/mol. The Bertz CT molecular complexity index is 634. The maximum atomic E-state index is 13.7. The molecule has 21 heavy (non-hydrogen) atoms. The van der Waals surface area contributed by atoms with Gasteiger partial charge in [-0.3, -0.25) is 0 Å². The third kappa shape index (κ3) is 4.05. The van der Waals surface area contributed by atoms with Crippen molar-refractivity contribution in [2.45, 2.75) is 12.5 Å². The Morgan fingerprint density at radius 3 is 2.48 bits per heavy atom. The Hall–Kier alpha value is -0.910. The molecule has 2 rings (SSSR count). The van der Waals surface area contributed by atoms with Crippen molar-refractivity contribution < 1.29 is 9.13 Å². The van der Waals surface area contributed by atoms with Crippen LogP contribution in [0.25, 0.3) is 0 Å². The zero-order valence-electron chi connectivity index (χ0n) is 11.8. The highest BCUT2D eigenvalue weighted by molar-refractivity contribution is 9.10. The molecule has 0 aromatic heterocycles. The summed E-state index contributed by atoms with van der Waals surface area (Å²) in [5.74, 6) is 0.558. The Labute approximate surface area is 141 Å². The van der Waals surface area contributed by atoms with E-state index in [9.17, 15) is 4.39 Å². The van der Waals surface area contributed by atoms with Gasteiger partial charge in [0.05, 0.1) is 11.6 Å². The second-order valence-corrected chi connectivity index (χ2v) is 6.38. The lowest BCUT2D eigenvalue weighted by atomic mass is 9.99. The van der Waals surface area contributed by atoms with Gasteiger partial charge in [0, 0.05) is 10.5 Å². The summed E-state index contributed by atoms with van der Waals surface area (Å²) in [5.41, 5.74) is 2.02. The van der Waals surface area contributed by atoms with Crippen LogP contribution in [0.15, 0.2) is 45.3 Å². The third-order valence-corrected chi connectivity index (χ3v) is 4.79. The van der Waals surface area contributed by atoms with Gasteiger partial charge in [-0.05, 0) is 70.9 Å². The normalized spacial score (nSPS) is 12.2. The van der Waals surface area contributed by atoms with Crippen LogP contribution < -0.4 is 10.1 Å². The number of nitrogens with one attached hydrogen (secondary N) is 1. The van der Waals surface area contributed by atoms with Gasteiger partial charge in [0.2, 0.25) is 0 Å². The molecule has 1 N–H and O–H groups in total. The maximum Gasteiger partial charge on any atom is 0.137 e. The fraction of sp³-hybridized carbons (Fsp3) is 0.250. The topological polar surface area (TPSA) is 21.3 Å². The average Bonchev–Trinajstić information content (AvgIpc) is 2.49. The summed E-state index contributed by atoms with van der Waals surface area (Å²) in [7, 11) is 3.52. The minimum Gasteiger partial charge on any atom is -0.497 e. The van der Waals surface area contributed by atoms with Crippen LogP contribution in [0, 0.1) is 5.82 Å². The molecule has 1 unspecified atom stereocenters. The second kappa shape index (κ2) is 7.38. The second-order valence-electron chi connectivity index (χ2n) is 4.68. The first-order chi connectivity index (χ1) is 10.0. The molecule has 5 heteroatoms. The highest BCUT2D eigenvalue weighted by atomic mass is 79.9. The lowest BCUT2D eigenvalue weighted by Crippen LogP contribution is -2.19. The zero-order valence-corrected chi connectivity index (χ0v) is 15.0. The first kappa shape index (κ1) is 16.5. The largest absolute Gasteiger partial charge is 0.497 e. The van der Waals surface area contributed by atoms with E-state index in [0.717, 1.165) is 27.8 Å². The molecule has 2 nitrogen and oxygen atoms in total. The van der Waals surface area contributed by atoms with Gasteiger partial charge in [-0.25, -0.2) is 4.39 Å². The van der Waals surface area contributed by atoms with Crippen LogP contribution in [0.3, 0.4) is 0 Å². The molecular weight excluding hydrogens is 401 g/mol. The maximum absolute atomic E-state index is 13.7. The molecular formula is C16H16Br2FNO. The van der Waals surface area contributed by atoms with Crippen LogP contribution in [0.4, 0.5) is 4.39 Å². The first-order valence-electron chi connectivity index (χ1n) is 6.49. The van der Waals surface area contributed by atoms with E-state index in [1.54, 1.807) is 19.2 Å². The predicted octanol–water partition coefficient (Wildman–Crippen LogP) is 4.86. The molecule has 0 aliphatic heterocycles. The summed E-state index contributed by atoms with van der Waals surface area (Å²) >= 11 is 6.73. The molecule has 0 amide bonds. The van der Waals surface area contributed by atoms with Gasteiger partial charge in [0.1, 0.15) is 11.6 Å². The van der Waals surface area contributed by atoms with Crippen LogP contribution >= 0.6 is 31.9 Å². The fourth-order valence-corrected chi connectivity index (χ4v) is 2.83. The van der Waals surface area contributed by atoms with E-state index in [-0.39, 0.29) is 11.9 Å². The molecule has 0 spiro atoms. The van der Waals surface area contributed by atoms with E-state index in [2.05, 4.69) is 37.2 Å². The van der Waals surface area contributed by atoms with Gasteiger partial charge >= 0.3 is 0 Å². The van der Waals surface area contributed by atoms with Crippen LogP contribution in [-0.4, -0.2) is 14.2 Å². The lowest BCUT2D eigenvalue weighted by Gasteiger charge is -2.18. The van der Waals surface area contributed by atoms with Crippen molar-refractivity contribution >= 4 is 31.9 Å². The lowest BCUT2D eigenvalue weighted by molar-refractivity contribution is 0.413. The summed E-state index contributed by atoms with van der Waals surface area (Å²) in [6, 6.07) is 11.1. The third-order valence-electron chi connectivity index (χ3n) is 3.37. The van der Waals surface area contributed by atoms with Gasteiger partial charge in [-0.15, -0.1) is 0 Å². The number of hydrogen-bond donors (Lipinski definition) is 1. The number of hydrogen-bond acceptors (Lipinski definition) is 2. The van der Waals surface area contributed by atoms with Crippen molar-refractivity contribution in [3.8, 4) is 5.75 Å². The van der Waals surface area contributed by atoms with Crippen molar-refractivity contribution in [3.05, 3.63) is 62.3 Å². The Morgan fingerprint density at radius 2 is 1.86 bits per heavy atom. The zero-order chi connectivity index (χ0) is 15.4. The van der Waals surface area contributed by atoms with Gasteiger partial charge in [-0.2, -0.15) is 0 Å². The summed E-state index contributed by atoms with van der Waals surface area (Å²) in [6.45, 7) is 0. The van der Waals surface area contributed by atoms with E-state index < -0.39 is 0 Å². The molecule has 0 fully saturated rings. The number of benzene rings is 2.